The summed E-state index contributed by atoms with van der Waals surface area (Å²) in [5, 5.41) is 6.21. The number of nitrogens with two attached hydrogens (primary N) is 1. The molecule has 80 valence electrons. The molecule has 0 aliphatic rings. The van der Waals surface area contributed by atoms with Gasteiger partial charge in [0.2, 0.25) is 0 Å². The Morgan fingerprint density at radius 1 is 1.38 bits per heavy atom. The molecular weight excluding hydrogens is 220 g/mol. The molecule has 3 N–H and O–H groups in total. The molecule has 0 aliphatic heterocycles. The molecule has 0 saturated heterocycles. The van der Waals surface area contributed by atoms with Crippen LogP contribution < -0.4 is 11.2 Å². The third-order valence-corrected chi connectivity index (χ3v) is 2.17. The Labute approximate surface area is 98.2 Å². The van der Waals surface area contributed by atoms with Gasteiger partial charge in [0.25, 0.3) is 0 Å². The third-order valence-electron chi connectivity index (χ3n) is 2.08. The van der Waals surface area contributed by atoms with E-state index in [0.29, 0.717) is 0 Å². The average molecular weight is 230 g/mol. The van der Waals surface area contributed by atoms with Crippen molar-refractivity contribution in [3.63, 3.8) is 0 Å². The number of hydrogen-bond donors (Lipinski definition) is 2. The molecule has 2 rings (SSSR count). The lowest BCUT2D eigenvalue weighted by Gasteiger charge is -2.00. The van der Waals surface area contributed by atoms with Crippen molar-refractivity contribution in [2.45, 2.75) is 0 Å². The molecule has 0 radical (unpaired) electrons. The Morgan fingerprint density at radius 2 is 2.19 bits per heavy atom. The fourth-order valence-electron chi connectivity index (χ4n) is 1.41. The van der Waals surface area contributed by atoms with Crippen molar-refractivity contribution >= 4 is 34.3 Å². The lowest BCUT2D eigenvalue weighted by molar-refractivity contribution is 1.04. The first-order chi connectivity index (χ1) is 7.77. The quantitative estimate of drug-likeness (QED) is 0.465. The van der Waals surface area contributed by atoms with E-state index in [4.69, 9.17) is 5.73 Å². The fraction of sp³-hybridized carbons (Fsp3) is 0. The van der Waals surface area contributed by atoms with Gasteiger partial charge in [0.15, 0.2) is 5.11 Å². The molecule has 4 nitrogen and oxygen atoms in total. The van der Waals surface area contributed by atoms with E-state index in [1.807, 2.05) is 30.5 Å². The molecule has 0 bridgehead atoms. The summed E-state index contributed by atoms with van der Waals surface area (Å²) in [7, 11) is 0. The highest BCUT2D eigenvalue weighted by molar-refractivity contribution is 7.80. The Kier molecular flexibility index (Phi) is 3.07. The Morgan fingerprint density at radius 3 is 3.00 bits per heavy atom. The minimum atomic E-state index is 0.143. The first kappa shape index (κ1) is 10.5. The van der Waals surface area contributed by atoms with Crippen LogP contribution in [0.4, 0.5) is 0 Å². The van der Waals surface area contributed by atoms with Crippen molar-refractivity contribution in [2.75, 3.05) is 0 Å². The van der Waals surface area contributed by atoms with Gasteiger partial charge in [-0.05, 0) is 17.6 Å². The second-order valence-electron chi connectivity index (χ2n) is 3.18. The van der Waals surface area contributed by atoms with Crippen LogP contribution in [-0.4, -0.2) is 16.3 Å². The first-order valence-corrected chi connectivity index (χ1v) is 5.09. The van der Waals surface area contributed by atoms with E-state index >= 15 is 0 Å². The summed E-state index contributed by atoms with van der Waals surface area (Å²) >= 11 is 4.64. The van der Waals surface area contributed by atoms with Crippen molar-refractivity contribution in [2.24, 2.45) is 10.8 Å². The Balaban J connectivity index is 2.37. The van der Waals surface area contributed by atoms with Gasteiger partial charge in [0, 0.05) is 23.3 Å². The van der Waals surface area contributed by atoms with E-state index in [-0.39, 0.29) is 5.11 Å². The highest BCUT2D eigenvalue weighted by atomic mass is 32.1. The minimum absolute atomic E-state index is 0.143. The molecule has 0 aliphatic carbocycles. The Hall–Kier alpha value is -2.01. The van der Waals surface area contributed by atoms with E-state index in [9.17, 15) is 0 Å². The summed E-state index contributed by atoms with van der Waals surface area (Å²) < 4.78 is 0. The monoisotopic (exact) mass is 230 g/mol. The molecule has 0 atom stereocenters. The molecule has 0 spiro atoms. The lowest BCUT2D eigenvalue weighted by Crippen LogP contribution is -2.24. The van der Waals surface area contributed by atoms with Crippen LogP contribution in [0.1, 0.15) is 5.56 Å². The number of aromatic nitrogens is 1. The van der Waals surface area contributed by atoms with Crippen LogP contribution in [-0.2, 0) is 0 Å². The van der Waals surface area contributed by atoms with Gasteiger partial charge in [-0.2, -0.15) is 5.10 Å². The van der Waals surface area contributed by atoms with Crippen LogP contribution in [0.15, 0.2) is 41.8 Å². The molecule has 0 saturated carbocycles. The second-order valence-corrected chi connectivity index (χ2v) is 3.62. The SMILES string of the molecule is NC(=S)N/N=C/c1cncc2ccccc12. The highest BCUT2D eigenvalue weighted by Crippen LogP contribution is 2.14. The van der Waals surface area contributed by atoms with Crippen molar-refractivity contribution in [3.8, 4) is 0 Å². The zero-order valence-corrected chi connectivity index (χ0v) is 9.24. The van der Waals surface area contributed by atoms with Gasteiger partial charge >= 0.3 is 0 Å². The molecule has 0 amide bonds. The topological polar surface area (TPSA) is 63.3 Å². The van der Waals surface area contributed by atoms with E-state index in [1.165, 1.54) is 0 Å². The number of fused-ring (bicyclic) bond motifs is 1. The third kappa shape index (κ3) is 2.32. The zero-order valence-electron chi connectivity index (χ0n) is 8.42. The van der Waals surface area contributed by atoms with Crippen molar-refractivity contribution < 1.29 is 0 Å². The summed E-state index contributed by atoms with van der Waals surface area (Å²) in [6.07, 6.45) is 5.20. The standard InChI is InChI=1S/C11H10N4S/c12-11(16)15-14-7-9-6-13-5-8-3-1-2-4-10(8)9/h1-7H,(H3,12,15,16)/b14-7+. The maximum atomic E-state index is 5.26. The van der Waals surface area contributed by atoms with Gasteiger partial charge in [0.05, 0.1) is 6.21 Å². The predicted octanol–water partition coefficient (Wildman–Crippen LogP) is 1.40. The summed E-state index contributed by atoms with van der Waals surface area (Å²) in [4.78, 5) is 4.13. The van der Waals surface area contributed by atoms with Gasteiger partial charge in [-0.1, -0.05) is 24.3 Å². The number of rotatable bonds is 2. The first-order valence-electron chi connectivity index (χ1n) is 4.68. The van der Waals surface area contributed by atoms with Gasteiger partial charge in [0.1, 0.15) is 0 Å². The van der Waals surface area contributed by atoms with Crippen LogP contribution in [0.2, 0.25) is 0 Å². The molecule has 16 heavy (non-hydrogen) atoms. The number of nitrogens with zero attached hydrogens (tertiary/aromatic N) is 2. The second kappa shape index (κ2) is 4.67. The molecule has 1 heterocycles. The van der Waals surface area contributed by atoms with Gasteiger partial charge < -0.3 is 5.73 Å². The smallest absolute Gasteiger partial charge is 0.184 e. The number of nitrogens with one attached hydrogen (secondary N) is 1. The van der Waals surface area contributed by atoms with Crippen molar-refractivity contribution in [1.29, 1.82) is 0 Å². The number of pyridine rings is 1. The van der Waals surface area contributed by atoms with Crippen molar-refractivity contribution in [1.82, 2.24) is 10.4 Å². The normalized spacial score (nSPS) is 10.8. The van der Waals surface area contributed by atoms with E-state index < -0.39 is 0 Å². The van der Waals surface area contributed by atoms with Gasteiger partial charge in [-0.25, -0.2) is 0 Å². The lowest BCUT2D eigenvalue weighted by atomic mass is 10.1. The highest BCUT2D eigenvalue weighted by Gasteiger charge is 1.97. The fourth-order valence-corrected chi connectivity index (χ4v) is 1.46. The average Bonchev–Trinajstić information content (AvgIpc) is 2.29. The van der Waals surface area contributed by atoms with Crippen LogP contribution in [0.25, 0.3) is 10.8 Å². The number of hydrazone groups is 1. The summed E-state index contributed by atoms with van der Waals surface area (Å²) in [6, 6.07) is 7.96. The van der Waals surface area contributed by atoms with Gasteiger partial charge in [-0.15, -0.1) is 0 Å². The van der Waals surface area contributed by atoms with Crippen LogP contribution >= 0.6 is 12.2 Å². The molecule has 2 aromatic rings. The van der Waals surface area contributed by atoms with Crippen LogP contribution in [0, 0.1) is 0 Å². The maximum Gasteiger partial charge on any atom is 0.184 e. The van der Waals surface area contributed by atoms with E-state index in [0.717, 1.165) is 16.3 Å². The van der Waals surface area contributed by atoms with Crippen LogP contribution in [0.5, 0.6) is 0 Å². The number of benzene rings is 1. The Bertz CT molecular complexity index is 545. The molecule has 0 unspecified atom stereocenters. The largest absolute Gasteiger partial charge is 0.375 e. The molecule has 1 aromatic carbocycles. The predicted molar refractivity (Wildman–Crippen MR) is 69.3 cm³/mol. The summed E-state index contributed by atoms with van der Waals surface area (Å²) in [6.45, 7) is 0. The molecule has 5 heteroatoms. The van der Waals surface area contributed by atoms with Crippen LogP contribution in [0.3, 0.4) is 0 Å². The maximum absolute atomic E-state index is 5.26. The van der Waals surface area contributed by atoms with E-state index in [2.05, 4.69) is 27.7 Å². The van der Waals surface area contributed by atoms with Crippen molar-refractivity contribution in [3.05, 3.63) is 42.2 Å². The summed E-state index contributed by atoms with van der Waals surface area (Å²) in [5.74, 6) is 0. The molecule has 0 fully saturated rings. The van der Waals surface area contributed by atoms with Gasteiger partial charge in [-0.3, -0.25) is 10.4 Å². The summed E-state index contributed by atoms with van der Waals surface area (Å²) in [5.41, 5.74) is 8.69. The minimum Gasteiger partial charge on any atom is -0.375 e. The number of thiocarbonyl (C=S) groups is 1. The molecule has 1 aromatic heterocycles. The number of hydrogen-bond acceptors (Lipinski definition) is 3. The zero-order chi connectivity index (χ0) is 11.4. The van der Waals surface area contributed by atoms with E-state index in [1.54, 1.807) is 12.4 Å². The molecular formula is C11H10N4S.